The summed E-state index contributed by atoms with van der Waals surface area (Å²) in [4.78, 5) is 14.6. The molecule has 28 heavy (non-hydrogen) atoms. The van der Waals surface area contributed by atoms with Gasteiger partial charge in [0.25, 0.3) is 5.91 Å². The van der Waals surface area contributed by atoms with E-state index in [1.807, 2.05) is 67.5 Å². The van der Waals surface area contributed by atoms with E-state index in [9.17, 15) is 4.79 Å². The second kappa shape index (κ2) is 9.03. The quantitative estimate of drug-likeness (QED) is 0.593. The van der Waals surface area contributed by atoms with Crippen molar-refractivity contribution in [3.8, 4) is 17.1 Å². The van der Waals surface area contributed by atoms with Crippen molar-refractivity contribution < 1.29 is 14.1 Å². The Kier molecular flexibility index (Phi) is 6.49. The normalized spacial score (nSPS) is 12.0. The van der Waals surface area contributed by atoms with Crippen molar-refractivity contribution in [1.29, 1.82) is 0 Å². The Balaban J connectivity index is 1.71. The van der Waals surface area contributed by atoms with Crippen LogP contribution < -0.4 is 10.1 Å². The molecule has 146 valence electrons. The average Bonchev–Trinajstić information content (AvgIpc) is 3.19. The summed E-state index contributed by atoms with van der Waals surface area (Å²) in [6.07, 6.45) is 0. The Hall–Kier alpha value is -2.64. The lowest BCUT2D eigenvalue weighted by molar-refractivity contribution is 0.0932. The van der Waals surface area contributed by atoms with Crippen LogP contribution in [0.5, 0.6) is 5.75 Å². The van der Waals surface area contributed by atoms with E-state index in [0.29, 0.717) is 12.3 Å². The number of nitrogens with zero attached hydrogens (tertiary/aromatic N) is 2. The predicted octanol–water partition coefficient (Wildman–Crippen LogP) is 4.15. The molecule has 1 N–H and O–H groups in total. The molecular weight excluding hydrogens is 422 g/mol. The van der Waals surface area contributed by atoms with Gasteiger partial charge in [0.05, 0.1) is 13.2 Å². The monoisotopic (exact) mass is 443 g/mol. The molecule has 1 atom stereocenters. The fourth-order valence-electron chi connectivity index (χ4n) is 2.92. The van der Waals surface area contributed by atoms with E-state index in [1.165, 1.54) is 0 Å². The summed E-state index contributed by atoms with van der Waals surface area (Å²) >= 11 is 3.40. The van der Waals surface area contributed by atoms with Crippen LogP contribution in [0.2, 0.25) is 0 Å². The van der Waals surface area contributed by atoms with Crippen molar-refractivity contribution in [2.75, 3.05) is 27.7 Å². The van der Waals surface area contributed by atoms with E-state index in [4.69, 9.17) is 9.26 Å². The lowest BCUT2D eigenvalue weighted by Gasteiger charge is -2.26. The number of carbonyl (C=O) groups is 1. The van der Waals surface area contributed by atoms with E-state index >= 15 is 0 Å². The number of benzene rings is 2. The first-order valence-corrected chi connectivity index (χ1v) is 9.59. The molecule has 3 aromatic rings. The largest absolute Gasteiger partial charge is 0.496 e. The molecule has 3 rings (SSSR count). The van der Waals surface area contributed by atoms with Crippen LogP contribution in [0, 0.1) is 0 Å². The van der Waals surface area contributed by atoms with E-state index in [2.05, 4.69) is 26.4 Å². The van der Waals surface area contributed by atoms with Crippen LogP contribution in [0.1, 0.15) is 22.1 Å². The number of nitrogens with one attached hydrogen (secondary N) is 1. The van der Waals surface area contributed by atoms with Gasteiger partial charge in [0.15, 0.2) is 11.5 Å². The topological polar surface area (TPSA) is 67.6 Å². The molecular formula is C21H22BrN3O3. The van der Waals surface area contributed by atoms with Crippen molar-refractivity contribution in [2.24, 2.45) is 0 Å². The van der Waals surface area contributed by atoms with Crippen LogP contribution >= 0.6 is 15.9 Å². The smallest absolute Gasteiger partial charge is 0.273 e. The maximum atomic E-state index is 12.6. The number of hydrogen-bond acceptors (Lipinski definition) is 5. The Morgan fingerprint density at radius 1 is 1.21 bits per heavy atom. The Labute approximate surface area is 172 Å². The molecule has 0 saturated heterocycles. The highest BCUT2D eigenvalue weighted by molar-refractivity contribution is 9.10. The lowest BCUT2D eigenvalue weighted by Crippen LogP contribution is -2.34. The van der Waals surface area contributed by atoms with Crippen molar-refractivity contribution in [3.05, 3.63) is 70.3 Å². The zero-order valence-electron chi connectivity index (χ0n) is 16.0. The van der Waals surface area contributed by atoms with Gasteiger partial charge in [-0.15, -0.1) is 0 Å². The zero-order valence-corrected chi connectivity index (χ0v) is 17.6. The fourth-order valence-corrected chi connectivity index (χ4v) is 3.19. The summed E-state index contributed by atoms with van der Waals surface area (Å²) in [7, 11) is 5.57. The van der Waals surface area contributed by atoms with Gasteiger partial charge in [-0.3, -0.25) is 4.79 Å². The minimum Gasteiger partial charge on any atom is -0.496 e. The van der Waals surface area contributed by atoms with Crippen LogP contribution in [-0.2, 0) is 0 Å². The van der Waals surface area contributed by atoms with Gasteiger partial charge in [-0.05, 0) is 32.3 Å². The number of methoxy groups -OCH3 is 1. The number of amides is 1. The molecule has 0 bridgehead atoms. The molecule has 6 nitrogen and oxygen atoms in total. The number of aromatic nitrogens is 1. The summed E-state index contributed by atoms with van der Waals surface area (Å²) < 4.78 is 11.8. The summed E-state index contributed by atoms with van der Waals surface area (Å²) in [5.74, 6) is 1.05. The standard InChI is InChI=1S/C21H22BrN3O3/c1-25(2)18(16-6-4-5-7-19(16)27-3)13-23-21(26)17-12-20(28-24-17)14-8-10-15(22)11-9-14/h4-12,18H,13H2,1-3H3,(H,23,26). The van der Waals surface area contributed by atoms with Crippen LogP contribution in [-0.4, -0.2) is 43.7 Å². The van der Waals surface area contributed by atoms with Gasteiger partial charge in [0.1, 0.15) is 5.75 Å². The number of likely N-dealkylation sites (N-methyl/N-ethyl adjacent to an activating group) is 1. The number of hydrogen-bond donors (Lipinski definition) is 1. The molecule has 0 aliphatic rings. The summed E-state index contributed by atoms with van der Waals surface area (Å²) in [6, 6.07) is 17.0. The first-order chi connectivity index (χ1) is 13.5. The number of halogens is 1. The molecule has 0 radical (unpaired) electrons. The van der Waals surface area contributed by atoms with Crippen molar-refractivity contribution >= 4 is 21.8 Å². The fraction of sp³-hybridized carbons (Fsp3) is 0.238. The van der Waals surface area contributed by atoms with Gasteiger partial charge in [-0.1, -0.05) is 51.4 Å². The van der Waals surface area contributed by atoms with Gasteiger partial charge in [0, 0.05) is 28.2 Å². The van der Waals surface area contributed by atoms with Crippen LogP contribution in [0.25, 0.3) is 11.3 Å². The van der Waals surface area contributed by atoms with Gasteiger partial charge in [-0.2, -0.15) is 0 Å². The number of para-hydroxylation sites is 1. The molecule has 1 unspecified atom stereocenters. The third kappa shape index (κ3) is 4.61. The highest BCUT2D eigenvalue weighted by atomic mass is 79.9. The lowest BCUT2D eigenvalue weighted by atomic mass is 10.0. The second-order valence-corrected chi connectivity index (χ2v) is 7.43. The summed E-state index contributed by atoms with van der Waals surface area (Å²) in [5, 5.41) is 6.85. The average molecular weight is 444 g/mol. The molecule has 1 amide bonds. The van der Waals surface area contributed by atoms with Crippen LogP contribution in [0.3, 0.4) is 0 Å². The van der Waals surface area contributed by atoms with E-state index in [-0.39, 0.29) is 17.6 Å². The van der Waals surface area contributed by atoms with Crippen molar-refractivity contribution in [2.45, 2.75) is 6.04 Å². The van der Waals surface area contributed by atoms with E-state index in [1.54, 1.807) is 13.2 Å². The van der Waals surface area contributed by atoms with E-state index in [0.717, 1.165) is 21.3 Å². The third-order valence-corrected chi connectivity index (χ3v) is 4.98. The van der Waals surface area contributed by atoms with Gasteiger partial charge in [0.2, 0.25) is 0 Å². The molecule has 0 aliphatic heterocycles. The highest BCUT2D eigenvalue weighted by Crippen LogP contribution is 2.27. The summed E-state index contributed by atoms with van der Waals surface area (Å²) in [5.41, 5.74) is 2.11. The highest BCUT2D eigenvalue weighted by Gasteiger charge is 2.20. The van der Waals surface area contributed by atoms with Crippen LogP contribution in [0.4, 0.5) is 0 Å². The Morgan fingerprint density at radius 3 is 2.61 bits per heavy atom. The first-order valence-electron chi connectivity index (χ1n) is 8.79. The Morgan fingerprint density at radius 2 is 1.93 bits per heavy atom. The maximum absolute atomic E-state index is 12.6. The first kappa shape index (κ1) is 20.1. The molecule has 0 spiro atoms. The van der Waals surface area contributed by atoms with Crippen molar-refractivity contribution in [3.63, 3.8) is 0 Å². The number of carbonyl (C=O) groups excluding carboxylic acids is 1. The van der Waals surface area contributed by atoms with Gasteiger partial charge in [-0.25, -0.2) is 0 Å². The molecule has 1 heterocycles. The minimum absolute atomic E-state index is 0.0436. The van der Waals surface area contributed by atoms with Gasteiger partial charge < -0.3 is 19.5 Å². The minimum atomic E-state index is -0.283. The molecule has 0 aliphatic carbocycles. The third-order valence-electron chi connectivity index (χ3n) is 4.45. The molecule has 0 fully saturated rings. The van der Waals surface area contributed by atoms with E-state index < -0.39 is 0 Å². The summed E-state index contributed by atoms with van der Waals surface area (Å²) in [6.45, 7) is 0.409. The van der Waals surface area contributed by atoms with Gasteiger partial charge >= 0.3 is 0 Å². The Bertz CT molecular complexity index is 938. The SMILES string of the molecule is COc1ccccc1C(CNC(=O)c1cc(-c2ccc(Br)cc2)on1)N(C)C. The van der Waals surface area contributed by atoms with Crippen molar-refractivity contribution in [1.82, 2.24) is 15.4 Å². The second-order valence-electron chi connectivity index (χ2n) is 6.51. The number of rotatable bonds is 7. The zero-order chi connectivity index (χ0) is 20.1. The molecule has 7 heteroatoms. The molecule has 2 aromatic carbocycles. The molecule has 1 aromatic heterocycles. The van der Waals surface area contributed by atoms with Crippen LogP contribution in [0.15, 0.2) is 63.6 Å². The number of ether oxygens (including phenoxy) is 1. The predicted molar refractivity (Wildman–Crippen MR) is 111 cm³/mol. The maximum Gasteiger partial charge on any atom is 0.273 e. The molecule has 0 saturated carbocycles.